The number of hydrogen-bond acceptors (Lipinski definition) is 2. The van der Waals surface area contributed by atoms with Crippen LogP contribution in [0.3, 0.4) is 0 Å². The fourth-order valence-corrected chi connectivity index (χ4v) is 3.32. The van der Waals surface area contributed by atoms with Gasteiger partial charge in [0.15, 0.2) is 0 Å². The Morgan fingerprint density at radius 2 is 1.68 bits per heavy atom. The molecule has 3 rings (SSSR count). The van der Waals surface area contributed by atoms with Crippen LogP contribution in [0.15, 0.2) is 51.7 Å². The Morgan fingerprint density at radius 3 is 2.32 bits per heavy atom. The predicted molar refractivity (Wildman–Crippen MR) is 106 cm³/mol. The third-order valence-corrected chi connectivity index (χ3v) is 5.26. The molecule has 0 atom stereocenters. The summed E-state index contributed by atoms with van der Waals surface area (Å²) in [5.74, 6) is 1.14. The maximum absolute atomic E-state index is 12.5. The molecule has 1 heterocycles. The zero-order valence-corrected chi connectivity index (χ0v) is 16.6. The van der Waals surface area contributed by atoms with Gasteiger partial charge in [-0.15, -0.1) is 0 Å². The monoisotopic (exact) mass is 437 g/mol. The number of aryl methyl sites for hydroxylation is 2. The van der Waals surface area contributed by atoms with Crippen molar-refractivity contribution in [3.05, 3.63) is 78.6 Å². The first-order valence-electron chi connectivity index (χ1n) is 7.49. The smallest absolute Gasteiger partial charge is 0.204 e. The van der Waals surface area contributed by atoms with Crippen LogP contribution in [-0.4, -0.2) is 4.98 Å². The molecule has 6 heteroatoms. The molecule has 3 aromatic rings. The minimum atomic E-state index is -0.0387. The van der Waals surface area contributed by atoms with Crippen molar-refractivity contribution in [2.75, 3.05) is 0 Å². The van der Waals surface area contributed by atoms with E-state index in [4.69, 9.17) is 27.9 Å². The summed E-state index contributed by atoms with van der Waals surface area (Å²) >= 11 is 15.3. The molecule has 0 bridgehead atoms. The Hall–Kier alpha value is -1.75. The van der Waals surface area contributed by atoms with Crippen molar-refractivity contribution in [3.8, 4) is 22.6 Å². The average molecular weight is 439 g/mol. The van der Waals surface area contributed by atoms with Crippen LogP contribution in [0, 0.1) is 13.8 Å². The second kappa shape index (κ2) is 7.24. The number of rotatable bonds is 3. The Balaban J connectivity index is 1.93. The number of halogens is 3. The van der Waals surface area contributed by atoms with Gasteiger partial charge in [0, 0.05) is 22.0 Å². The van der Waals surface area contributed by atoms with Gasteiger partial charge in [0.05, 0.1) is 9.50 Å². The lowest BCUT2D eigenvalue weighted by molar-refractivity contribution is 0.483. The maximum Gasteiger partial charge on any atom is 0.204 e. The highest BCUT2D eigenvalue weighted by Crippen LogP contribution is 2.32. The van der Waals surface area contributed by atoms with Crippen LogP contribution in [-0.2, 0) is 0 Å². The van der Waals surface area contributed by atoms with Crippen molar-refractivity contribution in [1.82, 2.24) is 4.98 Å². The molecule has 128 valence electrons. The van der Waals surface area contributed by atoms with Crippen molar-refractivity contribution >= 4 is 39.1 Å². The van der Waals surface area contributed by atoms with Crippen LogP contribution >= 0.6 is 39.1 Å². The van der Waals surface area contributed by atoms with Gasteiger partial charge in [-0.05, 0) is 65.7 Å². The molecule has 1 N–H and O–H groups in total. The second-order valence-electron chi connectivity index (χ2n) is 5.59. The summed E-state index contributed by atoms with van der Waals surface area (Å²) in [6.07, 6.45) is 0. The molecular formula is C19H14BrCl2NO2. The number of aromatic amines is 1. The lowest BCUT2D eigenvalue weighted by Gasteiger charge is -2.11. The van der Waals surface area contributed by atoms with Crippen LogP contribution in [0.4, 0.5) is 0 Å². The van der Waals surface area contributed by atoms with Crippen molar-refractivity contribution in [1.29, 1.82) is 0 Å². The Bertz CT molecular complexity index is 998. The Labute approximate surface area is 163 Å². The molecule has 0 saturated carbocycles. The zero-order valence-electron chi connectivity index (χ0n) is 13.5. The van der Waals surface area contributed by atoms with E-state index in [-0.39, 0.29) is 5.43 Å². The van der Waals surface area contributed by atoms with E-state index in [2.05, 4.69) is 20.9 Å². The van der Waals surface area contributed by atoms with Gasteiger partial charge in [0.1, 0.15) is 11.5 Å². The maximum atomic E-state index is 12.5. The van der Waals surface area contributed by atoms with E-state index in [0.717, 1.165) is 17.0 Å². The number of H-pyrrole nitrogens is 1. The average Bonchev–Trinajstić information content (AvgIpc) is 2.57. The van der Waals surface area contributed by atoms with E-state index < -0.39 is 0 Å². The highest BCUT2D eigenvalue weighted by molar-refractivity contribution is 9.10. The molecule has 2 aromatic carbocycles. The number of nitrogens with one attached hydrogen (secondary N) is 1. The van der Waals surface area contributed by atoms with Gasteiger partial charge < -0.3 is 9.72 Å². The summed E-state index contributed by atoms with van der Waals surface area (Å²) in [4.78, 5) is 15.7. The lowest BCUT2D eigenvalue weighted by Crippen LogP contribution is -2.11. The van der Waals surface area contributed by atoms with E-state index in [1.165, 1.54) is 0 Å². The van der Waals surface area contributed by atoms with Crippen LogP contribution in [0.5, 0.6) is 11.5 Å². The predicted octanol–water partition coefficient (Wildman–Crippen LogP) is 6.52. The molecule has 0 spiro atoms. The van der Waals surface area contributed by atoms with Crippen molar-refractivity contribution < 1.29 is 4.74 Å². The molecule has 0 amide bonds. The van der Waals surface area contributed by atoms with Crippen LogP contribution in [0.2, 0.25) is 10.0 Å². The van der Waals surface area contributed by atoms with Crippen molar-refractivity contribution in [3.63, 3.8) is 0 Å². The Morgan fingerprint density at radius 1 is 1.00 bits per heavy atom. The van der Waals surface area contributed by atoms with Crippen LogP contribution in [0.1, 0.15) is 11.4 Å². The highest BCUT2D eigenvalue weighted by Gasteiger charge is 2.13. The van der Waals surface area contributed by atoms with Gasteiger partial charge in [-0.2, -0.15) is 0 Å². The van der Waals surface area contributed by atoms with Gasteiger partial charge in [-0.3, -0.25) is 4.79 Å². The fraction of sp³-hybridized carbons (Fsp3) is 0.105. The Kier molecular flexibility index (Phi) is 5.23. The molecule has 0 aliphatic carbocycles. The van der Waals surface area contributed by atoms with Crippen molar-refractivity contribution in [2.45, 2.75) is 13.8 Å². The molecular weight excluding hydrogens is 425 g/mol. The minimum absolute atomic E-state index is 0.0387. The first-order valence-corrected chi connectivity index (χ1v) is 9.04. The number of ether oxygens (including phenoxy) is 1. The van der Waals surface area contributed by atoms with Crippen LogP contribution < -0.4 is 10.2 Å². The van der Waals surface area contributed by atoms with Gasteiger partial charge in [0.25, 0.3) is 0 Å². The van der Waals surface area contributed by atoms with Crippen molar-refractivity contribution in [2.24, 2.45) is 0 Å². The second-order valence-corrected chi connectivity index (χ2v) is 7.23. The number of hydrogen-bond donors (Lipinski definition) is 1. The molecule has 25 heavy (non-hydrogen) atoms. The molecule has 0 radical (unpaired) electrons. The first-order chi connectivity index (χ1) is 11.9. The molecule has 1 aromatic heterocycles. The van der Waals surface area contributed by atoms with Crippen LogP contribution in [0.25, 0.3) is 11.1 Å². The SMILES string of the molecule is Cc1[nH]c(C)c(-c2ccc(Oc3ccc(Cl)cc3Cl)cc2)c(=O)c1Br. The van der Waals surface area contributed by atoms with E-state index in [9.17, 15) is 4.79 Å². The largest absolute Gasteiger partial charge is 0.456 e. The number of pyridine rings is 1. The molecule has 0 unspecified atom stereocenters. The standard InChI is InChI=1S/C19H14BrCl2NO2/c1-10-17(19(24)18(20)11(2)23-10)12-3-6-14(7-4-12)25-16-8-5-13(21)9-15(16)22/h3-9H,1-2H3,(H,23,24). The molecule has 0 aliphatic heterocycles. The van der Waals surface area contributed by atoms with E-state index >= 15 is 0 Å². The summed E-state index contributed by atoms with van der Waals surface area (Å²) in [7, 11) is 0. The molecule has 0 aliphatic rings. The summed E-state index contributed by atoms with van der Waals surface area (Å²) in [5, 5.41) is 0.985. The number of aromatic nitrogens is 1. The lowest BCUT2D eigenvalue weighted by atomic mass is 10.0. The quantitative estimate of drug-likeness (QED) is 0.505. The summed E-state index contributed by atoms with van der Waals surface area (Å²) in [5.41, 5.74) is 3.04. The third-order valence-electron chi connectivity index (χ3n) is 3.77. The third kappa shape index (κ3) is 3.76. The summed E-state index contributed by atoms with van der Waals surface area (Å²) in [6.45, 7) is 3.74. The summed E-state index contributed by atoms with van der Waals surface area (Å²) < 4.78 is 6.32. The van der Waals surface area contributed by atoms with E-state index in [1.54, 1.807) is 30.3 Å². The van der Waals surface area contributed by atoms with E-state index in [0.29, 0.717) is 31.6 Å². The molecule has 0 saturated heterocycles. The normalized spacial score (nSPS) is 10.8. The topological polar surface area (TPSA) is 42.1 Å². The van der Waals surface area contributed by atoms with E-state index in [1.807, 2.05) is 26.0 Å². The minimum Gasteiger partial charge on any atom is -0.456 e. The summed E-state index contributed by atoms with van der Waals surface area (Å²) in [6, 6.07) is 12.3. The van der Waals surface area contributed by atoms with Gasteiger partial charge in [-0.1, -0.05) is 35.3 Å². The molecule has 0 fully saturated rings. The fourth-order valence-electron chi connectivity index (χ4n) is 2.57. The van der Waals surface area contributed by atoms with Gasteiger partial charge >= 0.3 is 0 Å². The van der Waals surface area contributed by atoms with Gasteiger partial charge in [0.2, 0.25) is 5.43 Å². The highest BCUT2D eigenvalue weighted by atomic mass is 79.9. The zero-order chi connectivity index (χ0) is 18.1. The molecule has 3 nitrogen and oxygen atoms in total. The number of benzene rings is 2. The first kappa shape index (κ1) is 18.1. The van der Waals surface area contributed by atoms with Gasteiger partial charge in [-0.25, -0.2) is 0 Å².